The highest BCUT2D eigenvalue weighted by Crippen LogP contribution is 2.34. The number of ether oxygens (including phenoxy) is 1. The Kier molecular flexibility index (Phi) is 4.41. The molecular formula is C14H24N2OS. The Bertz CT molecular complexity index is 394. The highest BCUT2D eigenvalue weighted by atomic mass is 32.1. The maximum absolute atomic E-state index is 5.82. The molecular weight excluding hydrogens is 244 g/mol. The molecule has 0 amide bonds. The summed E-state index contributed by atoms with van der Waals surface area (Å²) in [5.74, 6) is 0.609. The van der Waals surface area contributed by atoms with E-state index < -0.39 is 0 Å². The van der Waals surface area contributed by atoms with Crippen LogP contribution < -0.4 is 5.73 Å². The number of hydrogen-bond acceptors (Lipinski definition) is 4. The normalized spacial score (nSPS) is 18.2. The van der Waals surface area contributed by atoms with Gasteiger partial charge >= 0.3 is 0 Å². The zero-order valence-corrected chi connectivity index (χ0v) is 12.5. The molecule has 18 heavy (non-hydrogen) atoms. The minimum atomic E-state index is 0.171. The van der Waals surface area contributed by atoms with Gasteiger partial charge in [-0.25, -0.2) is 4.98 Å². The molecule has 0 unspecified atom stereocenters. The lowest BCUT2D eigenvalue weighted by Crippen LogP contribution is -2.25. The van der Waals surface area contributed by atoms with Gasteiger partial charge in [-0.15, -0.1) is 11.3 Å². The summed E-state index contributed by atoms with van der Waals surface area (Å²) in [5, 5.41) is 1.30. The molecule has 3 nitrogen and oxygen atoms in total. The second-order valence-electron chi connectivity index (χ2n) is 5.99. The van der Waals surface area contributed by atoms with Gasteiger partial charge in [0.25, 0.3) is 0 Å². The molecule has 1 aromatic rings. The van der Waals surface area contributed by atoms with Gasteiger partial charge in [0, 0.05) is 24.0 Å². The van der Waals surface area contributed by atoms with Crippen molar-refractivity contribution in [3.63, 3.8) is 0 Å². The summed E-state index contributed by atoms with van der Waals surface area (Å²) in [6, 6.07) is 0. The van der Waals surface area contributed by atoms with E-state index in [9.17, 15) is 0 Å². The quantitative estimate of drug-likeness (QED) is 0.913. The summed E-state index contributed by atoms with van der Waals surface area (Å²) in [6.45, 7) is 9.05. The van der Waals surface area contributed by atoms with Crippen molar-refractivity contribution in [3.05, 3.63) is 15.6 Å². The van der Waals surface area contributed by atoms with Crippen molar-refractivity contribution in [1.82, 2.24) is 4.98 Å². The maximum atomic E-state index is 5.82. The average molecular weight is 268 g/mol. The van der Waals surface area contributed by atoms with Crippen LogP contribution in [0.5, 0.6) is 0 Å². The van der Waals surface area contributed by atoms with Crippen LogP contribution in [0.25, 0.3) is 0 Å². The second-order valence-corrected chi connectivity index (χ2v) is 7.11. The lowest BCUT2D eigenvalue weighted by molar-refractivity contribution is 0.0852. The first-order valence-corrected chi connectivity index (χ1v) is 7.57. The predicted octanol–water partition coefficient (Wildman–Crippen LogP) is 2.87. The minimum absolute atomic E-state index is 0.171. The van der Waals surface area contributed by atoms with Crippen LogP contribution in [0.15, 0.2) is 0 Å². The van der Waals surface area contributed by atoms with Gasteiger partial charge in [0.05, 0.1) is 10.7 Å². The van der Waals surface area contributed by atoms with E-state index in [0.29, 0.717) is 5.92 Å². The number of aryl methyl sites for hydroxylation is 1. The molecule has 1 fully saturated rings. The van der Waals surface area contributed by atoms with E-state index in [0.717, 1.165) is 39.0 Å². The second kappa shape index (κ2) is 5.68. The van der Waals surface area contributed by atoms with Crippen LogP contribution in [0.4, 0.5) is 0 Å². The van der Waals surface area contributed by atoms with Crippen molar-refractivity contribution in [3.8, 4) is 0 Å². The van der Waals surface area contributed by atoms with Crippen molar-refractivity contribution in [2.45, 2.75) is 46.0 Å². The van der Waals surface area contributed by atoms with Crippen LogP contribution in [0.2, 0.25) is 0 Å². The lowest BCUT2D eigenvalue weighted by Gasteiger charge is -2.21. The first-order valence-electron chi connectivity index (χ1n) is 6.76. The maximum Gasteiger partial charge on any atom is 0.0963 e. The monoisotopic (exact) mass is 268 g/mol. The third kappa shape index (κ3) is 3.31. The van der Waals surface area contributed by atoms with Crippen molar-refractivity contribution >= 4 is 11.3 Å². The molecule has 0 radical (unpaired) electrons. The molecule has 0 aromatic carbocycles. The molecule has 2 N–H and O–H groups in total. The lowest BCUT2D eigenvalue weighted by atomic mass is 9.88. The van der Waals surface area contributed by atoms with E-state index in [1.807, 2.05) is 11.3 Å². The van der Waals surface area contributed by atoms with Gasteiger partial charge in [0.15, 0.2) is 0 Å². The number of thiazole rings is 1. The molecule has 1 saturated heterocycles. The van der Waals surface area contributed by atoms with Crippen LogP contribution in [0.1, 0.15) is 48.2 Å². The minimum Gasteiger partial charge on any atom is -0.381 e. The van der Waals surface area contributed by atoms with Crippen LogP contribution in [-0.2, 0) is 11.2 Å². The fraction of sp³-hybridized carbons (Fsp3) is 0.786. The van der Waals surface area contributed by atoms with Gasteiger partial charge < -0.3 is 10.5 Å². The molecule has 4 heteroatoms. The molecule has 0 aliphatic carbocycles. The Hall–Kier alpha value is -0.450. The van der Waals surface area contributed by atoms with Crippen LogP contribution in [0, 0.1) is 12.3 Å². The van der Waals surface area contributed by atoms with Crippen LogP contribution >= 0.6 is 11.3 Å². The molecule has 0 atom stereocenters. The van der Waals surface area contributed by atoms with E-state index in [2.05, 4.69) is 20.8 Å². The average Bonchev–Trinajstić information content (AvgIpc) is 2.72. The van der Waals surface area contributed by atoms with Crippen molar-refractivity contribution in [2.75, 3.05) is 19.8 Å². The topological polar surface area (TPSA) is 48.1 Å². The summed E-state index contributed by atoms with van der Waals surface area (Å²) in [4.78, 5) is 6.18. The van der Waals surface area contributed by atoms with Gasteiger partial charge in [0.1, 0.15) is 0 Å². The Morgan fingerprint density at radius 3 is 2.67 bits per heavy atom. The zero-order chi connectivity index (χ0) is 13.2. The number of aromatic nitrogens is 1. The summed E-state index contributed by atoms with van der Waals surface area (Å²) < 4.78 is 5.42. The van der Waals surface area contributed by atoms with Crippen molar-refractivity contribution < 1.29 is 4.74 Å². The molecule has 0 spiro atoms. The Balaban J connectivity index is 2.11. The molecule has 1 aliphatic rings. The highest BCUT2D eigenvalue weighted by Gasteiger charge is 2.23. The number of nitrogens with two attached hydrogens (primary N) is 1. The molecule has 1 aromatic heterocycles. The van der Waals surface area contributed by atoms with Gasteiger partial charge in [-0.2, -0.15) is 0 Å². The van der Waals surface area contributed by atoms with Crippen molar-refractivity contribution in [1.29, 1.82) is 0 Å². The standard InChI is InChI=1S/C14H24N2OS/c1-10-12(8-14(2,3)9-15)18-13(16-10)11-4-6-17-7-5-11/h11H,4-9,15H2,1-3H3. The summed E-state index contributed by atoms with van der Waals surface area (Å²) in [7, 11) is 0. The predicted molar refractivity (Wildman–Crippen MR) is 76.2 cm³/mol. The largest absolute Gasteiger partial charge is 0.381 e. The summed E-state index contributed by atoms with van der Waals surface area (Å²) in [6.07, 6.45) is 3.27. The van der Waals surface area contributed by atoms with E-state index in [4.69, 9.17) is 15.5 Å². The smallest absolute Gasteiger partial charge is 0.0963 e. The van der Waals surface area contributed by atoms with Gasteiger partial charge in [0.2, 0.25) is 0 Å². The van der Waals surface area contributed by atoms with Crippen LogP contribution in [0.3, 0.4) is 0 Å². The molecule has 2 heterocycles. The molecule has 1 aliphatic heterocycles. The Morgan fingerprint density at radius 2 is 2.06 bits per heavy atom. The van der Waals surface area contributed by atoms with Gasteiger partial charge in [-0.3, -0.25) is 0 Å². The van der Waals surface area contributed by atoms with Crippen LogP contribution in [-0.4, -0.2) is 24.7 Å². The Labute approximate surface area is 114 Å². The first kappa shape index (κ1) is 14.0. The molecule has 2 rings (SSSR count). The van der Waals surface area contributed by atoms with E-state index >= 15 is 0 Å². The van der Waals surface area contributed by atoms with E-state index in [-0.39, 0.29) is 5.41 Å². The third-order valence-corrected chi connectivity index (χ3v) is 4.99. The summed E-state index contributed by atoms with van der Waals surface area (Å²) >= 11 is 1.89. The number of nitrogens with zero attached hydrogens (tertiary/aromatic N) is 1. The fourth-order valence-corrected chi connectivity index (χ4v) is 3.73. The van der Waals surface area contributed by atoms with E-state index in [1.165, 1.54) is 15.6 Å². The number of rotatable bonds is 4. The fourth-order valence-electron chi connectivity index (χ4n) is 2.24. The molecule has 0 saturated carbocycles. The van der Waals surface area contributed by atoms with Gasteiger partial charge in [-0.05, 0) is 38.1 Å². The zero-order valence-electron chi connectivity index (χ0n) is 11.7. The van der Waals surface area contributed by atoms with E-state index in [1.54, 1.807) is 0 Å². The van der Waals surface area contributed by atoms with Gasteiger partial charge in [-0.1, -0.05) is 13.8 Å². The SMILES string of the molecule is Cc1nc(C2CCOCC2)sc1CC(C)(C)CN. The van der Waals surface area contributed by atoms with Crippen molar-refractivity contribution in [2.24, 2.45) is 11.1 Å². The summed E-state index contributed by atoms with van der Waals surface area (Å²) in [5.41, 5.74) is 7.19. The Morgan fingerprint density at radius 1 is 1.39 bits per heavy atom. The molecule has 0 bridgehead atoms. The highest BCUT2D eigenvalue weighted by molar-refractivity contribution is 7.11. The molecule has 102 valence electrons. The third-order valence-electron chi connectivity index (χ3n) is 3.67. The first-order chi connectivity index (χ1) is 8.52. The number of hydrogen-bond donors (Lipinski definition) is 1.